The molecule has 2 aromatic carbocycles. The number of benzene rings is 2. The van der Waals surface area contributed by atoms with E-state index in [1.165, 1.54) is 11.8 Å². The van der Waals surface area contributed by atoms with Crippen molar-refractivity contribution in [2.75, 3.05) is 12.0 Å². The van der Waals surface area contributed by atoms with Crippen molar-refractivity contribution in [2.24, 2.45) is 34.7 Å². The van der Waals surface area contributed by atoms with Crippen LogP contribution in [-0.4, -0.2) is 36.7 Å². The van der Waals surface area contributed by atoms with Gasteiger partial charge in [0, 0.05) is 24.3 Å². The summed E-state index contributed by atoms with van der Waals surface area (Å²) < 4.78 is 10.3. The number of imide groups is 1. The van der Waals surface area contributed by atoms with Crippen LogP contribution in [0.2, 0.25) is 0 Å². The number of nitrogens with zero attached hydrogens (tertiary/aromatic N) is 2. The topological polar surface area (TPSA) is 94.5 Å². The third-order valence-electron chi connectivity index (χ3n) is 7.43. The van der Waals surface area contributed by atoms with Crippen LogP contribution in [0.25, 0.3) is 0 Å². The molecular weight excluding hydrogens is 424 g/mol. The molecule has 0 N–H and O–H groups in total. The van der Waals surface area contributed by atoms with Crippen LogP contribution in [0.5, 0.6) is 11.5 Å². The van der Waals surface area contributed by atoms with E-state index in [2.05, 4.69) is 5.16 Å². The Balaban J connectivity index is 1.28. The van der Waals surface area contributed by atoms with Crippen LogP contribution in [0.3, 0.4) is 0 Å². The lowest BCUT2D eigenvalue weighted by molar-refractivity contribution is -0.132. The van der Waals surface area contributed by atoms with Gasteiger partial charge in [-0.05, 0) is 60.9 Å². The van der Waals surface area contributed by atoms with Gasteiger partial charge in [0.05, 0.1) is 30.3 Å². The minimum Gasteiger partial charge on any atom is -0.497 e. The summed E-state index contributed by atoms with van der Waals surface area (Å²) in [7, 11) is 1.62. The van der Waals surface area contributed by atoms with Gasteiger partial charge in [-0.1, -0.05) is 5.16 Å². The first-order valence-electron chi connectivity index (χ1n) is 11.0. The van der Waals surface area contributed by atoms with Gasteiger partial charge in [0.1, 0.15) is 17.6 Å². The van der Waals surface area contributed by atoms with E-state index in [4.69, 9.17) is 14.3 Å². The number of methoxy groups -OCH3 is 1. The van der Waals surface area contributed by atoms with Crippen molar-refractivity contribution in [3.05, 3.63) is 54.1 Å². The zero-order valence-electron chi connectivity index (χ0n) is 18.1. The van der Waals surface area contributed by atoms with E-state index in [9.17, 15) is 14.4 Å². The summed E-state index contributed by atoms with van der Waals surface area (Å²) in [6.45, 7) is 1.32. The van der Waals surface area contributed by atoms with Gasteiger partial charge in [-0.3, -0.25) is 19.3 Å². The fourth-order valence-electron chi connectivity index (χ4n) is 6.21. The number of rotatable bonds is 4. The molecular formula is C25H22N2O6. The van der Waals surface area contributed by atoms with Crippen LogP contribution in [-0.2, 0) is 19.2 Å². The van der Waals surface area contributed by atoms with E-state index >= 15 is 0 Å². The number of hydrogen-bond donors (Lipinski definition) is 0. The van der Waals surface area contributed by atoms with Crippen LogP contribution < -0.4 is 14.4 Å². The van der Waals surface area contributed by atoms with Gasteiger partial charge in [-0.25, -0.2) is 0 Å². The van der Waals surface area contributed by atoms with Crippen LogP contribution in [0, 0.1) is 29.6 Å². The maximum absolute atomic E-state index is 13.5. The molecule has 2 aliphatic heterocycles. The third-order valence-corrected chi connectivity index (χ3v) is 7.43. The van der Waals surface area contributed by atoms with Crippen molar-refractivity contribution in [3.63, 3.8) is 0 Å². The molecule has 0 radical (unpaired) electrons. The van der Waals surface area contributed by atoms with Crippen molar-refractivity contribution < 1.29 is 28.7 Å². The van der Waals surface area contributed by atoms with Gasteiger partial charge in [0.25, 0.3) is 0 Å². The van der Waals surface area contributed by atoms with E-state index in [-0.39, 0.29) is 47.5 Å². The van der Waals surface area contributed by atoms with Gasteiger partial charge in [0.2, 0.25) is 11.8 Å². The minimum atomic E-state index is -0.428. The monoisotopic (exact) mass is 446 g/mol. The highest BCUT2D eigenvalue weighted by Crippen LogP contribution is 2.62. The van der Waals surface area contributed by atoms with Gasteiger partial charge < -0.3 is 14.3 Å². The zero-order valence-corrected chi connectivity index (χ0v) is 18.1. The highest BCUT2D eigenvalue weighted by atomic mass is 16.6. The number of amides is 2. The molecule has 2 bridgehead atoms. The summed E-state index contributed by atoms with van der Waals surface area (Å²) in [5.74, 6) is -0.444. The Hall–Kier alpha value is -3.68. The quantitative estimate of drug-likeness (QED) is 0.407. The summed E-state index contributed by atoms with van der Waals surface area (Å²) in [5.41, 5.74) is 2.28. The highest BCUT2D eigenvalue weighted by Gasteiger charge is 2.70. The first-order chi connectivity index (χ1) is 16.0. The predicted molar refractivity (Wildman–Crippen MR) is 117 cm³/mol. The second-order valence-corrected chi connectivity index (χ2v) is 9.02. The molecule has 6 atom stereocenters. The standard InChI is InChI=1S/C25H22N2O6/c1-12(28)32-16-9-5-14(6-10-16)27-24(29)19-17-11-18(20(19)25(27)30)23-21(17)22(26-33-23)13-3-7-15(31-2)8-4-13/h3-10,17-21,23H,11H2,1-2H3/t17-,18+,19+,20+,21-,23-/m1/s1. The summed E-state index contributed by atoms with van der Waals surface area (Å²) in [6, 6.07) is 14.1. The summed E-state index contributed by atoms with van der Waals surface area (Å²) in [6.07, 6.45) is 0.604. The second-order valence-electron chi connectivity index (χ2n) is 9.02. The molecule has 0 aromatic heterocycles. The number of carbonyl (C=O) groups is 3. The molecule has 8 nitrogen and oxygen atoms in total. The Bertz CT molecular complexity index is 1190. The number of carbonyl (C=O) groups excluding carboxylic acids is 3. The normalized spacial score (nSPS) is 31.2. The molecule has 2 aromatic rings. The molecule has 8 heteroatoms. The Kier molecular flexibility index (Phi) is 4.33. The molecule has 4 aliphatic rings. The van der Waals surface area contributed by atoms with Crippen molar-refractivity contribution >= 4 is 29.2 Å². The van der Waals surface area contributed by atoms with E-state index < -0.39 is 5.97 Å². The molecule has 2 heterocycles. The van der Waals surface area contributed by atoms with E-state index in [1.807, 2.05) is 24.3 Å². The zero-order chi connectivity index (χ0) is 22.9. The number of ether oxygens (including phenoxy) is 2. The molecule has 6 rings (SSSR count). The number of esters is 1. The SMILES string of the molecule is COc1ccc(C2=NO[C@@H]3[C@H]4C[C@@H]([C@H]23)[C@@H]2C(=O)N(c3ccc(OC(C)=O)cc3)C(=O)[C@@H]42)cc1. The average molecular weight is 446 g/mol. The third kappa shape index (κ3) is 2.83. The average Bonchev–Trinajstić information content (AvgIpc) is 3.55. The summed E-state index contributed by atoms with van der Waals surface area (Å²) in [4.78, 5) is 45.2. The van der Waals surface area contributed by atoms with Crippen LogP contribution in [0.1, 0.15) is 18.9 Å². The molecule has 2 saturated carbocycles. The van der Waals surface area contributed by atoms with Crippen molar-refractivity contribution in [2.45, 2.75) is 19.4 Å². The maximum atomic E-state index is 13.5. The number of fused-ring (bicyclic) bond motifs is 8. The number of oxime groups is 1. The fourth-order valence-corrected chi connectivity index (χ4v) is 6.21. The van der Waals surface area contributed by atoms with Crippen LogP contribution in [0.4, 0.5) is 5.69 Å². The van der Waals surface area contributed by atoms with E-state index in [0.29, 0.717) is 11.4 Å². The molecule has 0 unspecified atom stereocenters. The molecule has 0 spiro atoms. The highest BCUT2D eigenvalue weighted by molar-refractivity contribution is 6.23. The summed E-state index contributed by atoms with van der Waals surface area (Å²) in [5, 5.41) is 4.37. The maximum Gasteiger partial charge on any atom is 0.308 e. The number of hydrogen-bond acceptors (Lipinski definition) is 7. The van der Waals surface area contributed by atoms with Gasteiger partial charge >= 0.3 is 5.97 Å². The summed E-state index contributed by atoms with van der Waals surface area (Å²) >= 11 is 0. The number of anilines is 1. The lowest BCUT2D eigenvalue weighted by atomic mass is 9.71. The Morgan fingerprint density at radius 2 is 1.58 bits per heavy atom. The lowest BCUT2D eigenvalue weighted by Gasteiger charge is -2.29. The van der Waals surface area contributed by atoms with E-state index in [1.54, 1.807) is 31.4 Å². The van der Waals surface area contributed by atoms with Crippen LogP contribution >= 0.6 is 0 Å². The van der Waals surface area contributed by atoms with Gasteiger partial charge in [-0.15, -0.1) is 0 Å². The Morgan fingerprint density at radius 1 is 0.939 bits per heavy atom. The first-order valence-corrected chi connectivity index (χ1v) is 11.0. The van der Waals surface area contributed by atoms with Crippen molar-refractivity contribution in [1.29, 1.82) is 0 Å². The molecule has 168 valence electrons. The Labute approximate surface area is 190 Å². The molecule has 1 saturated heterocycles. The lowest BCUT2D eigenvalue weighted by Crippen LogP contribution is -2.41. The van der Waals surface area contributed by atoms with Crippen molar-refractivity contribution in [1.82, 2.24) is 0 Å². The largest absolute Gasteiger partial charge is 0.497 e. The predicted octanol–water partition coefficient (Wildman–Crippen LogP) is 2.80. The minimum absolute atomic E-state index is 0.00677. The van der Waals surface area contributed by atoms with E-state index in [0.717, 1.165) is 23.4 Å². The first kappa shape index (κ1) is 20.0. The van der Waals surface area contributed by atoms with Gasteiger partial charge in [-0.2, -0.15) is 0 Å². The van der Waals surface area contributed by atoms with Crippen LogP contribution in [0.15, 0.2) is 53.7 Å². The van der Waals surface area contributed by atoms with Crippen molar-refractivity contribution in [3.8, 4) is 11.5 Å². The molecule has 3 fully saturated rings. The molecule has 2 amide bonds. The fraction of sp³-hybridized carbons (Fsp3) is 0.360. The molecule has 33 heavy (non-hydrogen) atoms. The van der Waals surface area contributed by atoms with Gasteiger partial charge in [0.15, 0.2) is 0 Å². The Morgan fingerprint density at radius 3 is 2.21 bits per heavy atom. The second kappa shape index (κ2) is 7.16. The smallest absolute Gasteiger partial charge is 0.308 e. The molecule has 2 aliphatic carbocycles.